The Balaban J connectivity index is 1.80. The number of likely N-dealkylation sites (N-methyl/N-ethyl adjacent to an activating group) is 1. The highest BCUT2D eigenvalue weighted by Crippen LogP contribution is 2.25. The second-order valence-electron chi connectivity index (χ2n) is 4.64. The van der Waals surface area contributed by atoms with Crippen molar-refractivity contribution < 1.29 is 14.6 Å². The van der Waals surface area contributed by atoms with Crippen LogP contribution in [0.1, 0.15) is 18.4 Å². The van der Waals surface area contributed by atoms with Crippen molar-refractivity contribution in [1.82, 2.24) is 4.90 Å². The maximum atomic E-state index is 11.7. The Morgan fingerprint density at radius 3 is 2.61 bits per heavy atom. The van der Waals surface area contributed by atoms with Crippen molar-refractivity contribution in [3.63, 3.8) is 0 Å². The second-order valence-corrected chi connectivity index (χ2v) is 4.64. The van der Waals surface area contributed by atoms with Gasteiger partial charge in [0.2, 0.25) is 0 Å². The summed E-state index contributed by atoms with van der Waals surface area (Å²) in [6, 6.07) is 7.89. The molecule has 0 aromatic heterocycles. The molecule has 1 saturated carbocycles. The first-order valence-corrected chi connectivity index (χ1v) is 6.29. The minimum atomic E-state index is 0.0249. The Bertz CT molecular complexity index is 398. The van der Waals surface area contributed by atoms with E-state index in [2.05, 4.69) is 0 Å². The van der Waals surface area contributed by atoms with Gasteiger partial charge in [-0.1, -0.05) is 12.1 Å². The molecule has 1 amide bonds. The molecule has 0 unspecified atom stereocenters. The van der Waals surface area contributed by atoms with Gasteiger partial charge in [0.1, 0.15) is 5.75 Å². The van der Waals surface area contributed by atoms with Gasteiger partial charge in [-0.25, -0.2) is 0 Å². The van der Waals surface area contributed by atoms with Crippen molar-refractivity contribution in [2.24, 2.45) is 0 Å². The summed E-state index contributed by atoms with van der Waals surface area (Å²) in [7, 11) is 1.83. The first-order chi connectivity index (χ1) is 8.70. The van der Waals surface area contributed by atoms with E-state index in [1.165, 1.54) is 0 Å². The fourth-order valence-electron chi connectivity index (χ4n) is 1.79. The van der Waals surface area contributed by atoms with Gasteiger partial charge in [-0.2, -0.15) is 0 Å². The predicted molar refractivity (Wildman–Crippen MR) is 68.5 cm³/mol. The van der Waals surface area contributed by atoms with E-state index in [1.54, 1.807) is 4.90 Å². The molecule has 0 radical (unpaired) electrons. The van der Waals surface area contributed by atoms with Crippen molar-refractivity contribution in [3.8, 4) is 5.75 Å². The lowest BCUT2D eigenvalue weighted by atomic mass is 10.1. The van der Waals surface area contributed by atoms with E-state index < -0.39 is 0 Å². The summed E-state index contributed by atoms with van der Waals surface area (Å²) in [6.07, 6.45) is 2.86. The molecule has 0 saturated heterocycles. The first kappa shape index (κ1) is 12.9. The second kappa shape index (κ2) is 5.87. The molecule has 1 fully saturated rings. The lowest BCUT2D eigenvalue weighted by Gasteiger charge is -2.16. The molecule has 0 heterocycles. The van der Waals surface area contributed by atoms with E-state index in [0.29, 0.717) is 18.2 Å². The van der Waals surface area contributed by atoms with Gasteiger partial charge in [-0.05, 0) is 37.0 Å². The summed E-state index contributed by atoms with van der Waals surface area (Å²) in [5.41, 5.74) is 1.06. The van der Waals surface area contributed by atoms with Crippen LogP contribution in [0.4, 0.5) is 0 Å². The number of carbonyl (C=O) groups excluding carboxylic acids is 1. The summed E-state index contributed by atoms with van der Waals surface area (Å²) in [5.74, 6) is 0.714. The van der Waals surface area contributed by atoms with Gasteiger partial charge in [-0.3, -0.25) is 4.79 Å². The van der Waals surface area contributed by atoms with E-state index in [9.17, 15) is 4.79 Å². The Labute approximate surface area is 107 Å². The van der Waals surface area contributed by atoms with Gasteiger partial charge in [0.05, 0.1) is 0 Å². The third-order valence-corrected chi connectivity index (χ3v) is 3.17. The van der Waals surface area contributed by atoms with Crippen LogP contribution in [-0.2, 0) is 11.2 Å². The summed E-state index contributed by atoms with van der Waals surface area (Å²) in [5, 5.41) is 8.80. The van der Waals surface area contributed by atoms with Crippen molar-refractivity contribution in [1.29, 1.82) is 0 Å². The Kier molecular flexibility index (Phi) is 4.20. The quantitative estimate of drug-likeness (QED) is 0.824. The molecule has 1 aliphatic carbocycles. The number of aliphatic hydroxyl groups excluding tert-OH is 1. The molecule has 0 atom stereocenters. The highest BCUT2D eigenvalue weighted by molar-refractivity contribution is 5.78. The highest BCUT2D eigenvalue weighted by atomic mass is 16.5. The number of rotatable bonds is 6. The fourth-order valence-corrected chi connectivity index (χ4v) is 1.79. The third-order valence-electron chi connectivity index (χ3n) is 3.17. The maximum Gasteiger partial charge on any atom is 0.260 e. The van der Waals surface area contributed by atoms with Crippen LogP contribution < -0.4 is 4.74 Å². The van der Waals surface area contributed by atoms with Crippen LogP contribution in [0.25, 0.3) is 0 Å². The van der Waals surface area contributed by atoms with Crippen molar-refractivity contribution in [2.45, 2.75) is 25.3 Å². The number of hydrogen-bond donors (Lipinski definition) is 1. The molecule has 0 aliphatic heterocycles. The molecule has 1 aliphatic rings. The summed E-state index contributed by atoms with van der Waals surface area (Å²) < 4.78 is 5.45. The first-order valence-electron chi connectivity index (χ1n) is 6.29. The van der Waals surface area contributed by atoms with Gasteiger partial charge in [0, 0.05) is 19.7 Å². The Hall–Kier alpha value is -1.55. The molecule has 0 spiro atoms. The van der Waals surface area contributed by atoms with E-state index in [4.69, 9.17) is 9.84 Å². The van der Waals surface area contributed by atoms with E-state index in [-0.39, 0.29) is 19.1 Å². The number of benzene rings is 1. The molecule has 0 bridgehead atoms. The van der Waals surface area contributed by atoms with Crippen LogP contribution in [0.15, 0.2) is 24.3 Å². The normalized spacial score (nSPS) is 14.3. The average molecular weight is 249 g/mol. The number of carbonyl (C=O) groups is 1. The SMILES string of the molecule is CN(C(=O)COc1ccc(CCO)cc1)C1CC1. The van der Waals surface area contributed by atoms with Crippen LogP contribution in [-0.4, -0.2) is 42.2 Å². The summed E-state index contributed by atoms with van der Waals surface area (Å²) in [6.45, 7) is 0.233. The van der Waals surface area contributed by atoms with Crippen LogP contribution >= 0.6 is 0 Å². The molecule has 18 heavy (non-hydrogen) atoms. The topological polar surface area (TPSA) is 49.8 Å². The zero-order valence-electron chi connectivity index (χ0n) is 10.6. The number of amides is 1. The highest BCUT2D eigenvalue weighted by Gasteiger charge is 2.29. The van der Waals surface area contributed by atoms with Gasteiger partial charge in [0.25, 0.3) is 5.91 Å². The summed E-state index contributed by atoms with van der Waals surface area (Å²) in [4.78, 5) is 13.5. The zero-order valence-corrected chi connectivity index (χ0v) is 10.6. The number of nitrogens with zero attached hydrogens (tertiary/aromatic N) is 1. The van der Waals surface area contributed by atoms with Gasteiger partial charge in [-0.15, -0.1) is 0 Å². The molecule has 1 aromatic rings. The molecule has 4 nitrogen and oxygen atoms in total. The lowest BCUT2D eigenvalue weighted by molar-refractivity contribution is -0.132. The smallest absolute Gasteiger partial charge is 0.260 e. The van der Waals surface area contributed by atoms with Gasteiger partial charge < -0.3 is 14.7 Å². The molecule has 1 aromatic carbocycles. The fraction of sp³-hybridized carbons (Fsp3) is 0.500. The van der Waals surface area contributed by atoms with Crippen LogP contribution in [0.5, 0.6) is 5.75 Å². The van der Waals surface area contributed by atoms with Gasteiger partial charge in [0.15, 0.2) is 6.61 Å². The monoisotopic (exact) mass is 249 g/mol. The minimum Gasteiger partial charge on any atom is -0.484 e. The van der Waals surface area contributed by atoms with Crippen molar-refractivity contribution in [3.05, 3.63) is 29.8 Å². The maximum absolute atomic E-state index is 11.7. The van der Waals surface area contributed by atoms with Gasteiger partial charge >= 0.3 is 0 Å². The third kappa shape index (κ3) is 3.47. The average Bonchev–Trinajstić information content (AvgIpc) is 3.21. The lowest BCUT2D eigenvalue weighted by Crippen LogP contribution is -2.33. The summed E-state index contributed by atoms with van der Waals surface area (Å²) >= 11 is 0. The Morgan fingerprint density at radius 2 is 2.06 bits per heavy atom. The molecule has 4 heteroatoms. The predicted octanol–water partition coefficient (Wildman–Crippen LogP) is 1.22. The van der Waals surface area contributed by atoms with E-state index in [0.717, 1.165) is 18.4 Å². The zero-order chi connectivity index (χ0) is 13.0. The van der Waals surface area contributed by atoms with Crippen LogP contribution in [0.2, 0.25) is 0 Å². The Morgan fingerprint density at radius 1 is 1.39 bits per heavy atom. The molecule has 98 valence electrons. The van der Waals surface area contributed by atoms with Crippen molar-refractivity contribution >= 4 is 5.91 Å². The largest absolute Gasteiger partial charge is 0.484 e. The molecule has 1 N–H and O–H groups in total. The van der Waals surface area contributed by atoms with E-state index >= 15 is 0 Å². The number of hydrogen-bond acceptors (Lipinski definition) is 3. The number of aliphatic hydroxyl groups is 1. The molecule has 2 rings (SSSR count). The van der Waals surface area contributed by atoms with Crippen molar-refractivity contribution in [2.75, 3.05) is 20.3 Å². The molecular weight excluding hydrogens is 230 g/mol. The molecular formula is C14H19NO3. The van der Waals surface area contributed by atoms with Crippen LogP contribution in [0.3, 0.4) is 0 Å². The number of ether oxygens (including phenoxy) is 1. The van der Waals surface area contributed by atoms with Crippen LogP contribution in [0, 0.1) is 0 Å². The van der Waals surface area contributed by atoms with E-state index in [1.807, 2.05) is 31.3 Å². The standard InChI is InChI=1S/C14H19NO3/c1-15(12-4-5-12)14(17)10-18-13-6-2-11(3-7-13)8-9-16/h2-3,6-7,12,16H,4-5,8-10H2,1H3. The minimum absolute atomic E-state index is 0.0249.